The lowest BCUT2D eigenvalue weighted by Crippen LogP contribution is -2.32. The molecule has 14 heavy (non-hydrogen) atoms. The molecule has 0 spiro atoms. The number of nitrogens with zero attached hydrogens (tertiary/aromatic N) is 1. The van der Waals surface area contributed by atoms with Crippen molar-refractivity contribution in [1.82, 2.24) is 10.4 Å². The lowest BCUT2D eigenvalue weighted by Gasteiger charge is -2.16. The van der Waals surface area contributed by atoms with Crippen molar-refractivity contribution in [3.8, 4) is 0 Å². The molecule has 0 aromatic carbocycles. The van der Waals surface area contributed by atoms with Crippen LogP contribution < -0.4 is 11.3 Å². The minimum atomic E-state index is -0.0430. The van der Waals surface area contributed by atoms with Crippen LogP contribution in [0.1, 0.15) is 25.6 Å². The second kappa shape index (κ2) is 5.70. The Morgan fingerprint density at radius 1 is 1.50 bits per heavy atom. The molecule has 0 fully saturated rings. The molecule has 0 saturated carbocycles. The second-order valence-electron chi connectivity index (χ2n) is 3.36. The van der Waals surface area contributed by atoms with Gasteiger partial charge in [-0.05, 0) is 26.0 Å². The third-order valence-corrected chi connectivity index (χ3v) is 1.84. The van der Waals surface area contributed by atoms with Gasteiger partial charge in [-0.3, -0.25) is 10.8 Å². The van der Waals surface area contributed by atoms with Crippen LogP contribution in [0, 0.1) is 0 Å². The fourth-order valence-electron chi connectivity index (χ4n) is 1.09. The fraction of sp³-hybridized carbons (Fsp3) is 0.500. The zero-order valence-corrected chi connectivity index (χ0v) is 8.60. The van der Waals surface area contributed by atoms with Gasteiger partial charge in [-0.15, -0.1) is 0 Å². The van der Waals surface area contributed by atoms with Gasteiger partial charge in [0.25, 0.3) is 0 Å². The van der Waals surface area contributed by atoms with Crippen LogP contribution in [0.15, 0.2) is 24.4 Å². The summed E-state index contributed by atoms with van der Waals surface area (Å²) in [4.78, 5) is 4.21. The van der Waals surface area contributed by atoms with E-state index in [4.69, 9.17) is 10.6 Å². The van der Waals surface area contributed by atoms with Crippen molar-refractivity contribution in [1.29, 1.82) is 0 Å². The van der Waals surface area contributed by atoms with Gasteiger partial charge in [-0.2, -0.15) is 0 Å². The van der Waals surface area contributed by atoms with Crippen molar-refractivity contribution in [2.24, 2.45) is 5.84 Å². The van der Waals surface area contributed by atoms with Crippen LogP contribution in [-0.4, -0.2) is 17.7 Å². The van der Waals surface area contributed by atoms with E-state index < -0.39 is 0 Å². The van der Waals surface area contributed by atoms with E-state index in [2.05, 4.69) is 10.4 Å². The Labute approximate surface area is 84.4 Å². The molecule has 0 aliphatic heterocycles. The lowest BCUT2D eigenvalue weighted by atomic mass is 10.2. The molecule has 0 amide bonds. The van der Waals surface area contributed by atoms with Gasteiger partial charge in [-0.1, -0.05) is 6.07 Å². The van der Waals surface area contributed by atoms with Gasteiger partial charge in [0.1, 0.15) is 0 Å². The van der Waals surface area contributed by atoms with Gasteiger partial charge in [0.2, 0.25) is 0 Å². The van der Waals surface area contributed by atoms with Crippen molar-refractivity contribution < 1.29 is 4.74 Å². The number of pyridine rings is 1. The first-order chi connectivity index (χ1) is 6.74. The molecule has 0 radical (unpaired) electrons. The van der Waals surface area contributed by atoms with Crippen molar-refractivity contribution in [2.75, 3.05) is 6.61 Å². The largest absolute Gasteiger partial charge is 0.377 e. The van der Waals surface area contributed by atoms with E-state index in [9.17, 15) is 0 Å². The predicted molar refractivity (Wildman–Crippen MR) is 55.4 cm³/mol. The maximum absolute atomic E-state index is 5.47. The number of hydrazine groups is 1. The van der Waals surface area contributed by atoms with Gasteiger partial charge >= 0.3 is 0 Å². The van der Waals surface area contributed by atoms with Crippen LogP contribution in [0.2, 0.25) is 0 Å². The highest BCUT2D eigenvalue weighted by atomic mass is 16.5. The molecule has 1 atom stereocenters. The summed E-state index contributed by atoms with van der Waals surface area (Å²) in [7, 11) is 0. The Bertz CT molecular complexity index is 251. The van der Waals surface area contributed by atoms with Crippen LogP contribution in [0.3, 0.4) is 0 Å². The SMILES string of the molecule is CC(C)OCC(NN)c1ccccn1. The van der Waals surface area contributed by atoms with E-state index in [1.165, 1.54) is 0 Å². The van der Waals surface area contributed by atoms with Crippen molar-refractivity contribution >= 4 is 0 Å². The number of nitrogens with two attached hydrogens (primary N) is 1. The van der Waals surface area contributed by atoms with Gasteiger partial charge in [0, 0.05) is 6.20 Å². The van der Waals surface area contributed by atoms with Crippen molar-refractivity contribution in [3.63, 3.8) is 0 Å². The fourth-order valence-corrected chi connectivity index (χ4v) is 1.09. The number of hydrogen-bond donors (Lipinski definition) is 2. The van der Waals surface area contributed by atoms with Gasteiger partial charge in [0.05, 0.1) is 24.4 Å². The number of ether oxygens (including phenoxy) is 1. The smallest absolute Gasteiger partial charge is 0.0865 e. The predicted octanol–water partition coefficient (Wildman–Crippen LogP) is 1.01. The summed E-state index contributed by atoms with van der Waals surface area (Å²) in [5, 5.41) is 0. The zero-order valence-electron chi connectivity index (χ0n) is 8.60. The van der Waals surface area contributed by atoms with E-state index in [1.807, 2.05) is 32.0 Å². The topological polar surface area (TPSA) is 60.2 Å². The Morgan fingerprint density at radius 3 is 2.79 bits per heavy atom. The van der Waals surface area contributed by atoms with Crippen LogP contribution in [0.25, 0.3) is 0 Å². The summed E-state index contributed by atoms with van der Waals surface area (Å²) < 4.78 is 5.47. The van der Waals surface area contributed by atoms with Crippen LogP contribution in [0.4, 0.5) is 0 Å². The molecule has 4 nitrogen and oxygen atoms in total. The van der Waals surface area contributed by atoms with Gasteiger partial charge in [-0.25, -0.2) is 5.43 Å². The molecular weight excluding hydrogens is 178 g/mol. The van der Waals surface area contributed by atoms with E-state index >= 15 is 0 Å². The van der Waals surface area contributed by atoms with Crippen LogP contribution >= 0.6 is 0 Å². The Hall–Kier alpha value is -0.970. The minimum Gasteiger partial charge on any atom is -0.377 e. The standard InChI is InChI=1S/C10H17N3O/c1-8(2)14-7-10(13-11)9-5-3-4-6-12-9/h3-6,8,10,13H,7,11H2,1-2H3. The number of hydrogen-bond acceptors (Lipinski definition) is 4. The average molecular weight is 195 g/mol. The van der Waals surface area contributed by atoms with E-state index in [1.54, 1.807) is 6.20 Å². The quantitative estimate of drug-likeness (QED) is 0.544. The Balaban J connectivity index is 2.54. The Kier molecular flexibility index (Phi) is 4.52. The molecule has 0 aliphatic rings. The van der Waals surface area contributed by atoms with Crippen LogP contribution in [0.5, 0.6) is 0 Å². The summed E-state index contributed by atoms with van der Waals surface area (Å²) in [5.41, 5.74) is 3.58. The molecule has 0 saturated heterocycles. The molecule has 0 aliphatic carbocycles. The molecule has 78 valence electrons. The van der Waals surface area contributed by atoms with Gasteiger partial charge < -0.3 is 4.74 Å². The molecule has 1 unspecified atom stereocenters. The molecular formula is C10H17N3O. The van der Waals surface area contributed by atoms with E-state index in [0.29, 0.717) is 6.61 Å². The average Bonchev–Trinajstić information content (AvgIpc) is 2.20. The minimum absolute atomic E-state index is 0.0430. The number of aromatic nitrogens is 1. The van der Waals surface area contributed by atoms with Gasteiger partial charge in [0.15, 0.2) is 0 Å². The summed E-state index contributed by atoms with van der Waals surface area (Å²) >= 11 is 0. The normalized spacial score (nSPS) is 13.1. The van der Waals surface area contributed by atoms with Crippen molar-refractivity contribution in [2.45, 2.75) is 26.0 Å². The first-order valence-corrected chi connectivity index (χ1v) is 4.72. The third kappa shape index (κ3) is 3.41. The summed E-state index contributed by atoms with van der Waals surface area (Å²) in [6.07, 6.45) is 1.95. The second-order valence-corrected chi connectivity index (χ2v) is 3.36. The highest BCUT2D eigenvalue weighted by molar-refractivity contribution is 5.08. The zero-order chi connectivity index (χ0) is 10.4. The third-order valence-electron chi connectivity index (χ3n) is 1.84. The summed E-state index contributed by atoms with van der Waals surface area (Å²) in [6, 6.07) is 5.69. The highest BCUT2D eigenvalue weighted by Gasteiger charge is 2.10. The number of nitrogens with one attached hydrogen (secondary N) is 1. The first kappa shape index (κ1) is 11.1. The molecule has 4 heteroatoms. The van der Waals surface area contributed by atoms with E-state index in [-0.39, 0.29) is 12.1 Å². The molecule has 3 N–H and O–H groups in total. The summed E-state index contributed by atoms with van der Waals surface area (Å²) in [5.74, 6) is 5.42. The molecule has 1 rings (SSSR count). The monoisotopic (exact) mass is 195 g/mol. The van der Waals surface area contributed by atoms with Crippen molar-refractivity contribution in [3.05, 3.63) is 30.1 Å². The number of rotatable bonds is 5. The molecule has 1 aromatic rings. The highest BCUT2D eigenvalue weighted by Crippen LogP contribution is 2.09. The molecule has 1 heterocycles. The Morgan fingerprint density at radius 2 is 2.29 bits per heavy atom. The van der Waals surface area contributed by atoms with E-state index in [0.717, 1.165) is 5.69 Å². The maximum Gasteiger partial charge on any atom is 0.0865 e. The lowest BCUT2D eigenvalue weighted by molar-refractivity contribution is 0.0603. The summed E-state index contributed by atoms with van der Waals surface area (Å²) in [6.45, 7) is 4.52. The van der Waals surface area contributed by atoms with Crippen LogP contribution in [-0.2, 0) is 4.74 Å². The first-order valence-electron chi connectivity index (χ1n) is 4.72. The molecule has 1 aromatic heterocycles. The maximum atomic E-state index is 5.47. The molecule has 0 bridgehead atoms.